The molecule has 1 aliphatic carbocycles. The largest absolute Gasteiger partial charge is 0.327 e. The lowest BCUT2D eigenvalue weighted by atomic mass is 10.1. The topological polar surface area (TPSA) is 38.9 Å². The molecular weight excluding hydrogens is 264 g/mol. The van der Waals surface area contributed by atoms with Crippen LogP contribution in [0.25, 0.3) is 0 Å². The molecule has 1 aliphatic rings. The molecular formula is C17H20N2S. The van der Waals surface area contributed by atoms with Gasteiger partial charge in [-0.2, -0.15) is 0 Å². The van der Waals surface area contributed by atoms with Crippen LogP contribution in [0.3, 0.4) is 0 Å². The molecule has 2 aromatic rings. The first kappa shape index (κ1) is 13.7. The molecule has 2 atom stereocenters. The van der Waals surface area contributed by atoms with Gasteiger partial charge in [-0.3, -0.25) is 4.98 Å². The number of nitrogens with two attached hydrogens (primary N) is 1. The molecule has 2 unspecified atom stereocenters. The van der Waals surface area contributed by atoms with E-state index in [4.69, 9.17) is 5.73 Å². The number of fused-ring (bicyclic) bond motifs is 1. The molecule has 0 bridgehead atoms. The van der Waals surface area contributed by atoms with Gasteiger partial charge in [-0.15, -0.1) is 11.8 Å². The quantitative estimate of drug-likeness (QED) is 0.869. The number of hydrogen-bond donors (Lipinski definition) is 1. The third-order valence-electron chi connectivity index (χ3n) is 3.79. The number of aromatic nitrogens is 1. The third kappa shape index (κ3) is 2.89. The van der Waals surface area contributed by atoms with Gasteiger partial charge < -0.3 is 5.73 Å². The van der Waals surface area contributed by atoms with Gasteiger partial charge in [0.1, 0.15) is 0 Å². The molecule has 0 amide bonds. The lowest BCUT2D eigenvalue weighted by molar-refractivity contribution is 0.705. The van der Waals surface area contributed by atoms with E-state index in [1.165, 1.54) is 35.3 Å². The van der Waals surface area contributed by atoms with Crippen molar-refractivity contribution in [1.82, 2.24) is 4.98 Å². The van der Waals surface area contributed by atoms with Crippen LogP contribution in [0, 0.1) is 0 Å². The summed E-state index contributed by atoms with van der Waals surface area (Å²) in [6, 6.07) is 13.0. The van der Waals surface area contributed by atoms with Crippen molar-refractivity contribution in [1.29, 1.82) is 0 Å². The minimum absolute atomic E-state index is 0.0724. The summed E-state index contributed by atoms with van der Waals surface area (Å²) in [5.41, 5.74) is 10.3. The van der Waals surface area contributed by atoms with Crippen LogP contribution in [0.2, 0.25) is 0 Å². The van der Waals surface area contributed by atoms with Crippen molar-refractivity contribution in [3.05, 3.63) is 59.4 Å². The smallest absolute Gasteiger partial charge is 0.0665 e. The molecule has 3 rings (SSSR count). The maximum Gasteiger partial charge on any atom is 0.0665 e. The van der Waals surface area contributed by atoms with E-state index in [9.17, 15) is 0 Å². The SMILES string of the molecule is CC(N)C(Sc1ccc2c(c1)CCC2)c1ccccn1. The van der Waals surface area contributed by atoms with Crippen LogP contribution in [-0.4, -0.2) is 11.0 Å². The van der Waals surface area contributed by atoms with Gasteiger partial charge in [-0.05, 0) is 61.6 Å². The Morgan fingerprint density at radius 3 is 2.75 bits per heavy atom. The van der Waals surface area contributed by atoms with E-state index in [-0.39, 0.29) is 11.3 Å². The molecule has 2 N–H and O–H groups in total. The van der Waals surface area contributed by atoms with E-state index in [2.05, 4.69) is 36.2 Å². The zero-order chi connectivity index (χ0) is 13.9. The molecule has 1 aromatic carbocycles. The average Bonchev–Trinajstić information content (AvgIpc) is 2.93. The average molecular weight is 284 g/mol. The summed E-state index contributed by atoms with van der Waals surface area (Å²) >= 11 is 1.83. The monoisotopic (exact) mass is 284 g/mol. The molecule has 104 valence electrons. The fourth-order valence-electron chi connectivity index (χ4n) is 2.75. The fraction of sp³-hybridized carbons (Fsp3) is 0.353. The molecule has 0 saturated heterocycles. The molecule has 0 aliphatic heterocycles. The Hall–Kier alpha value is -1.32. The van der Waals surface area contributed by atoms with E-state index < -0.39 is 0 Å². The number of pyridine rings is 1. The predicted octanol–water partition coefficient (Wildman–Crippen LogP) is 3.75. The van der Waals surface area contributed by atoms with Gasteiger partial charge in [0.15, 0.2) is 0 Å². The summed E-state index contributed by atoms with van der Waals surface area (Å²) in [7, 11) is 0. The van der Waals surface area contributed by atoms with E-state index in [1.54, 1.807) is 0 Å². The number of nitrogens with zero attached hydrogens (tertiary/aromatic N) is 1. The van der Waals surface area contributed by atoms with Crippen molar-refractivity contribution < 1.29 is 0 Å². The zero-order valence-corrected chi connectivity index (χ0v) is 12.6. The maximum absolute atomic E-state index is 6.17. The number of thioether (sulfide) groups is 1. The Balaban J connectivity index is 1.84. The van der Waals surface area contributed by atoms with Crippen LogP contribution in [0.5, 0.6) is 0 Å². The highest BCUT2D eigenvalue weighted by atomic mass is 32.2. The highest BCUT2D eigenvalue weighted by Crippen LogP contribution is 2.38. The van der Waals surface area contributed by atoms with Gasteiger partial charge in [-0.1, -0.05) is 12.1 Å². The van der Waals surface area contributed by atoms with Crippen LogP contribution >= 0.6 is 11.8 Å². The Morgan fingerprint density at radius 1 is 1.15 bits per heavy atom. The normalized spacial score (nSPS) is 16.7. The molecule has 20 heavy (non-hydrogen) atoms. The number of rotatable bonds is 4. The molecule has 0 spiro atoms. The van der Waals surface area contributed by atoms with Crippen molar-refractivity contribution in [2.45, 2.75) is 42.4 Å². The summed E-state index contributed by atoms with van der Waals surface area (Å²) in [6.07, 6.45) is 5.59. The highest BCUT2D eigenvalue weighted by Gasteiger charge is 2.20. The van der Waals surface area contributed by atoms with Crippen molar-refractivity contribution in [2.75, 3.05) is 0 Å². The second-order valence-corrected chi connectivity index (χ2v) is 6.65. The maximum atomic E-state index is 6.17. The lowest BCUT2D eigenvalue weighted by Crippen LogP contribution is -2.23. The summed E-state index contributed by atoms with van der Waals surface area (Å²) < 4.78 is 0. The molecule has 3 heteroatoms. The van der Waals surface area contributed by atoms with Crippen molar-refractivity contribution in [3.63, 3.8) is 0 Å². The number of aryl methyl sites for hydroxylation is 2. The summed E-state index contributed by atoms with van der Waals surface area (Å²) in [6.45, 7) is 2.06. The van der Waals surface area contributed by atoms with E-state index in [1.807, 2.05) is 30.1 Å². The second kappa shape index (κ2) is 5.98. The Labute approximate surface area is 124 Å². The molecule has 0 saturated carbocycles. The first-order valence-corrected chi connectivity index (χ1v) is 8.07. The van der Waals surface area contributed by atoms with Gasteiger partial charge in [0.25, 0.3) is 0 Å². The standard InChI is InChI=1S/C17H20N2S/c1-12(18)17(16-7-2-3-10-19-16)20-15-9-8-13-5-4-6-14(13)11-15/h2-3,7-12,17H,4-6,18H2,1H3. The third-order valence-corrected chi connectivity index (χ3v) is 5.24. The summed E-state index contributed by atoms with van der Waals surface area (Å²) in [5, 5.41) is 0.204. The minimum Gasteiger partial charge on any atom is -0.327 e. The van der Waals surface area contributed by atoms with Crippen LogP contribution in [0.15, 0.2) is 47.5 Å². The molecule has 0 radical (unpaired) electrons. The first-order chi connectivity index (χ1) is 9.74. The van der Waals surface area contributed by atoms with Gasteiger partial charge in [-0.25, -0.2) is 0 Å². The first-order valence-electron chi connectivity index (χ1n) is 7.19. The van der Waals surface area contributed by atoms with Crippen LogP contribution in [-0.2, 0) is 12.8 Å². The predicted molar refractivity (Wildman–Crippen MR) is 85.0 cm³/mol. The molecule has 1 heterocycles. The fourth-order valence-corrected chi connectivity index (χ4v) is 3.87. The Kier molecular flexibility index (Phi) is 4.08. The number of hydrogen-bond acceptors (Lipinski definition) is 3. The van der Waals surface area contributed by atoms with E-state index >= 15 is 0 Å². The molecule has 2 nitrogen and oxygen atoms in total. The van der Waals surface area contributed by atoms with Crippen LogP contribution in [0.4, 0.5) is 0 Å². The van der Waals surface area contributed by atoms with Crippen molar-refractivity contribution in [2.24, 2.45) is 5.73 Å². The Bertz CT molecular complexity index is 581. The number of benzene rings is 1. The van der Waals surface area contributed by atoms with E-state index in [0.29, 0.717) is 0 Å². The zero-order valence-electron chi connectivity index (χ0n) is 11.8. The van der Waals surface area contributed by atoms with Gasteiger partial charge in [0.2, 0.25) is 0 Å². The highest BCUT2D eigenvalue weighted by molar-refractivity contribution is 7.99. The van der Waals surface area contributed by atoms with E-state index in [0.717, 1.165) is 5.69 Å². The van der Waals surface area contributed by atoms with Gasteiger partial charge in [0.05, 0.1) is 10.9 Å². The molecule has 0 fully saturated rings. The lowest BCUT2D eigenvalue weighted by Gasteiger charge is -2.20. The molecule has 1 aromatic heterocycles. The van der Waals surface area contributed by atoms with Crippen molar-refractivity contribution >= 4 is 11.8 Å². The van der Waals surface area contributed by atoms with Crippen molar-refractivity contribution in [3.8, 4) is 0 Å². The minimum atomic E-state index is 0.0724. The van der Waals surface area contributed by atoms with Crippen LogP contribution in [0.1, 0.15) is 35.4 Å². The van der Waals surface area contributed by atoms with Crippen LogP contribution < -0.4 is 5.73 Å². The summed E-state index contributed by atoms with van der Waals surface area (Å²) in [5.74, 6) is 0. The van der Waals surface area contributed by atoms with Gasteiger partial charge >= 0.3 is 0 Å². The second-order valence-electron chi connectivity index (χ2n) is 5.44. The Morgan fingerprint density at radius 2 is 2.00 bits per heavy atom. The summed E-state index contributed by atoms with van der Waals surface area (Å²) in [4.78, 5) is 5.77. The van der Waals surface area contributed by atoms with Gasteiger partial charge in [0, 0.05) is 17.1 Å².